The van der Waals surface area contributed by atoms with E-state index >= 15 is 0 Å². The number of benzene rings is 2. The van der Waals surface area contributed by atoms with E-state index in [4.69, 9.17) is 9.47 Å². The van der Waals surface area contributed by atoms with E-state index in [1.807, 2.05) is 76.2 Å². The molecule has 4 aliphatic heterocycles. The summed E-state index contributed by atoms with van der Waals surface area (Å²) >= 11 is 0. The van der Waals surface area contributed by atoms with Crippen molar-refractivity contribution >= 4 is 23.6 Å². The first-order valence-electron chi connectivity index (χ1n) is 15.7. The van der Waals surface area contributed by atoms with Crippen LogP contribution in [0.25, 0.3) is 0 Å². The van der Waals surface area contributed by atoms with Gasteiger partial charge in [0.25, 0.3) is 0 Å². The van der Waals surface area contributed by atoms with Crippen LogP contribution < -0.4 is 30.7 Å². The van der Waals surface area contributed by atoms with Crippen LogP contribution in [0, 0.1) is 11.8 Å². The van der Waals surface area contributed by atoms with Crippen molar-refractivity contribution in [2.24, 2.45) is 11.8 Å². The third-order valence-corrected chi connectivity index (χ3v) is 7.19. The second-order valence-corrected chi connectivity index (χ2v) is 12.1. The topological polar surface area (TPSA) is 135 Å². The fourth-order valence-electron chi connectivity index (χ4n) is 4.87. The fourth-order valence-corrected chi connectivity index (χ4v) is 4.87. The fraction of sp³-hybridized carbons (Fsp3) is 0.529. The predicted octanol–water partition coefficient (Wildman–Crippen LogP) is 3.32. The second kappa shape index (κ2) is 17.9. The Morgan fingerprint density at radius 2 is 0.955 bits per heavy atom. The summed E-state index contributed by atoms with van der Waals surface area (Å²) in [5.41, 5.74) is 2.03. The molecule has 0 saturated heterocycles. The molecule has 4 N–H and O–H groups in total. The average molecular weight is 609 g/mol. The highest BCUT2D eigenvalue weighted by molar-refractivity contribution is 5.88. The van der Waals surface area contributed by atoms with Gasteiger partial charge in [0.2, 0.25) is 23.6 Å². The lowest BCUT2D eigenvalue weighted by Gasteiger charge is -2.20. The minimum Gasteiger partial charge on any atom is -0.493 e. The largest absolute Gasteiger partial charge is 0.493 e. The number of hydrogen-bond donors (Lipinski definition) is 4. The Morgan fingerprint density at radius 1 is 0.591 bits per heavy atom. The Labute approximate surface area is 261 Å². The number of nitrogens with one attached hydrogen (secondary N) is 4. The lowest BCUT2D eigenvalue weighted by atomic mass is 10.0. The summed E-state index contributed by atoms with van der Waals surface area (Å²) in [5, 5.41) is 11.6. The summed E-state index contributed by atoms with van der Waals surface area (Å²) in [6.07, 6.45) is 2.54. The van der Waals surface area contributed by atoms with Gasteiger partial charge in [0.1, 0.15) is 23.6 Å². The van der Waals surface area contributed by atoms with Gasteiger partial charge < -0.3 is 30.7 Å². The summed E-state index contributed by atoms with van der Waals surface area (Å²) in [6, 6.07) is 13.7. The Bertz CT molecular complexity index is 1120. The number of amides is 4. The Kier molecular flexibility index (Phi) is 14.0. The molecule has 4 bridgehead atoms. The van der Waals surface area contributed by atoms with Crippen LogP contribution in [-0.2, 0) is 32.0 Å². The van der Waals surface area contributed by atoms with E-state index in [1.54, 1.807) is 0 Å². The van der Waals surface area contributed by atoms with Crippen LogP contribution in [0.5, 0.6) is 11.5 Å². The minimum atomic E-state index is -0.622. The van der Waals surface area contributed by atoms with Crippen molar-refractivity contribution < 1.29 is 28.7 Å². The van der Waals surface area contributed by atoms with Gasteiger partial charge in [0, 0.05) is 13.1 Å². The Morgan fingerprint density at radius 3 is 1.30 bits per heavy atom. The lowest BCUT2D eigenvalue weighted by molar-refractivity contribution is -0.129. The summed E-state index contributed by atoms with van der Waals surface area (Å²) in [6.45, 7) is 9.26. The lowest BCUT2D eigenvalue weighted by Crippen LogP contribution is -2.48. The third-order valence-electron chi connectivity index (χ3n) is 7.19. The summed E-state index contributed by atoms with van der Waals surface area (Å²) in [7, 11) is 0. The van der Waals surface area contributed by atoms with E-state index in [0.29, 0.717) is 50.3 Å². The minimum absolute atomic E-state index is 0.123. The highest BCUT2D eigenvalue weighted by Gasteiger charge is 2.23. The molecule has 10 nitrogen and oxygen atoms in total. The SMILES string of the molecule is CC(C)CC1NC(=O)CCOc2ccc(cc2)CCNC(=O)C(CC(C)C)NC(=O)CCOc2ccc(cc2)CCNC1=O. The molecule has 0 aliphatic carbocycles. The van der Waals surface area contributed by atoms with Crippen molar-refractivity contribution in [3.05, 3.63) is 59.7 Å². The van der Waals surface area contributed by atoms with Crippen LogP contribution in [0.3, 0.4) is 0 Å². The molecule has 0 fully saturated rings. The van der Waals surface area contributed by atoms with Crippen molar-refractivity contribution in [2.45, 2.75) is 78.3 Å². The number of ether oxygens (including phenoxy) is 2. The first kappa shape index (κ1) is 34.4. The van der Waals surface area contributed by atoms with E-state index in [0.717, 1.165) is 11.1 Å². The number of carbonyl (C=O) groups excluding carboxylic acids is 4. The molecule has 6 rings (SSSR count). The molecule has 10 heteroatoms. The van der Waals surface area contributed by atoms with Crippen LogP contribution >= 0.6 is 0 Å². The van der Waals surface area contributed by atoms with Gasteiger partial charge in [0.05, 0.1) is 26.1 Å². The number of carbonyl (C=O) groups is 4. The second-order valence-electron chi connectivity index (χ2n) is 12.1. The van der Waals surface area contributed by atoms with E-state index in [-0.39, 0.29) is 61.5 Å². The van der Waals surface area contributed by atoms with Gasteiger partial charge in [-0.15, -0.1) is 0 Å². The van der Waals surface area contributed by atoms with Crippen molar-refractivity contribution in [1.29, 1.82) is 0 Å². The molecule has 2 aromatic rings. The highest BCUT2D eigenvalue weighted by atomic mass is 16.5. The van der Waals surface area contributed by atoms with Crippen LogP contribution in [0.1, 0.15) is 64.5 Å². The van der Waals surface area contributed by atoms with Crippen molar-refractivity contribution in [2.75, 3.05) is 26.3 Å². The molecular weight excluding hydrogens is 560 g/mol. The van der Waals surface area contributed by atoms with Crippen molar-refractivity contribution in [1.82, 2.24) is 21.3 Å². The molecule has 2 aromatic carbocycles. The predicted molar refractivity (Wildman–Crippen MR) is 169 cm³/mol. The zero-order chi connectivity index (χ0) is 31.9. The quantitative estimate of drug-likeness (QED) is 0.421. The molecular formula is C34H48N4O6. The van der Waals surface area contributed by atoms with Crippen LogP contribution in [0.2, 0.25) is 0 Å². The van der Waals surface area contributed by atoms with Crippen LogP contribution in [0.4, 0.5) is 0 Å². The smallest absolute Gasteiger partial charge is 0.242 e. The molecule has 0 spiro atoms. The summed E-state index contributed by atoms with van der Waals surface area (Å²) in [5.74, 6) is 0.816. The van der Waals surface area contributed by atoms with Crippen molar-refractivity contribution in [3.63, 3.8) is 0 Å². The zero-order valence-corrected chi connectivity index (χ0v) is 26.4. The van der Waals surface area contributed by atoms with E-state index in [1.165, 1.54) is 0 Å². The average Bonchev–Trinajstić information content (AvgIpc) is 2.97. The van der Waals surface area contributed by atoms with Gasteiger partial charge in [-0.05, 0) is 72.9 Å². The molecule has 44 heavy (non-hydrogen) atoms. The molecule has 0 radical (unpaired) electrons. The van der Waals surface area contributed by atoms with Gasteiger partial charge in [-0.3, -0.25) is 19.2 Å². The van der Waals surface area contributed by atoms with Gasteiger partial charge in [-0.25, -0.2) is 0 Å². The maximum absolute atomic E-state index is 12.9. The van der Waals surface area contributed by atoms with E-state index < -0.39 is 12.1 Å². The molecule has 240 valence electrons. The van der Waals surface area contributed by atoms with Crippen molar-refractivity contribution in [3.8, 4) is 11.5 Å². The molecule has 2 atom stereocenters. The number of rotatable bonds is 4. The Balaban J connectivity index is 1.67. The first-order chi connectivity index (χ1) is 21.1. The number of hydrogen-bond acceptors (Lipinski definition) is 6. The standard InChI is InChI=1S/C34H48N4O6/c1-23(2)21-29-33(41)35-17-13-25-5-9-28(10-6-25)44-20-16-32(40)38-30(22-24(3)4)34(42)36-18-14-26-7-11-27(12-8-26)43-19-15-31(39)37-29/h5-12,23-24,29-30H,13-22H2,1-4H3,(H,35,41)(H,36,42)(H,37,39)(H,38,40). The molecule has 4 heterocycles. The highest BCUT2D eigenvalue weighted by Crippen LogP contribution is 2.15. The normalized spacial score (nSPS) is 20.0. The van der Waals surface area contributed by atoms with E-state index in [2.05, 4.69) is 21.3 Å². The van der Waals surface area contributed by atoms with Crippen LogP contribution in [0.15, 0.2) is 48.5 Å². The van der Waals surface area contributed by atoms with Crippen LogP contribution in [-0.4, -0.2) is 62.0 Å². The van der Waals surface area contributed by atoms with Gasteiger partial charge in [-0.2, -0.15) is 0 Å². The maximum atomic E-state index is 12.9. The van der Waals surface area contributed by atoms with Gasteiger partial charge in [-0.1, -0.05) is 52.0 Å². The molecule has 0 aromatic heterocycles. The molecule has 4 aliphatic rings. The molecule has 2 unspecified atom stereocenters. The summed E-state index contributed by atoms with van der Waals surface area (Å²) < 4.78 is 11.5. The maximum Gasteiger partial charge on any atom is 0.242 e. The summed E-state index contributed by atoms with van der Waals surface area (Å²) in [4.78, 5) is 51.1. The molecule has 4 amide bonds. The van der Waals surface area contributed by atoms with Gasteiger partial charge in [0.15, 0.2) is 0 Å². The zero-order valence-electron chi connectivity index (χ0n) is 26.4. The monoisotopic (exact) mass is 608 g/mol. The van der Waals surface area contributed by atoms with E-state index in [9.17, 15) is 19.2 Å². The van der Waals surface area contributed by atoms with Gasteiger partial charge >= 0.3 is 0 Å². The Hall–Kier alpha value is -4.08. The first-order valence-corrected chi connectivity index (χ1v) is 15.7. The third kappa shape index (κ3) is 12.7. The molecule has 0 saturated carbocycles.